The van der Waals surface area contributed by atoms with Gasteiger partial charge in [-0.1, -0.05) is 30.3 Å². The minimum absolute atomic E-state index is 0.122. The highest BCUT2D eigenvalue weighted by molar-refractivity contribution is 5.91. The zero-order valence-corrected chi connectivity index (χ0v) is 19.4. The average molecular weight is 457 g/mol. The number of piperidine rings is 1. The van der Waals surface area contributed by atoms with Crippen LogP contribution in [0.3, 0.4) is 0 Å². The van der Waals surface area contributed by atoms with Gasteiger partial charge in [-0.2, -0.15) is 0 Å². The Morgan fingerprint density at radius 3 is 2.74 bits per heavy atom. The number of rotatable bonds is 5. The maximum atomic E-state index is 13.1. The van der Waals surface area contributed by atoms with E-state index in [-0.39, 0.29) is 11.9 Å². The lowest BCUT2D eigenvalue weighted by atomic mass is 9.97. The largest absolute Gasteiger partial charge is 0.497 e. The second kappa shape index (κ2) is 9.47. The lowest BCUT2D eigenvalue weighted by molar-refractivity contribution is 0.191. The van der Waals surface area contributed by atoms with Crippen molar-refractivity contribution in [1.82, 2.24) is 14.3 Å². The van der Waals surface area contributed by atoms with Crippen LogP contribution in [-0.4, -0.2) is 47.6 Å². The van der Waals surface area contributed by atoms with Crippen LogP contribution in [0.25, 0.3) is 16.8 Å². The predicted molar refractivity (Wildman–Crippen MR) is 133 cm³/mol. The maximum Gasteiger partial charge on any atom is 0.321 e. The first-order chi connectivity index (χ1) is 16.7. The Morgan fingerprint density at radius 2 is 1.88 bits per heavy atom. The number of methoxy groups -OCH3 is 2. The number of ether oxygens (including phenoxy) is 2. The molecule has 1 atom stereocenters. The van der Waals surface area contributed by atoms with Gasteiger partial charge in [0.2, 0.25) is 0 Å². The molecule has 7 nitrogen and oxygen atoms in total. The van der Waals surface area contributed by atoms with Crippen LogP contribution in [0.4, 0.5) is 10.5 Å². The molecule has 7 heteroatoms. The molecule has 0 radical (unpaired) electrons. The molecule has 3 heterocycles. The number of amides is 2. The molecule has 1 fully saturated rings. The average Bonchev–Trinajstić information content (AvgIpc) is 3.29. The van der Waals surface area contributed by atoms with E-state index in [1.54, 1.807) is 14.2 Å². The molecule has 4 aromatic rings. The van der Waals surface area contributed by atoms with Crippen LogP contribution in [0.5, 0.6) is 11.5 Å². The normalized spacial score (nSPS) is 15.8. The third-order valence-corrected chi connectivity index (χ3v) is 6.34. The predicted octanol–water partition coefficient (Wildman–Crippen LogP) is 5.43. The van der Waals surface area contributed by atoms with Crippen molar-refractivity contribution < 1.29 is 14.3 Å². The van der Waals surface area contributed by atoms with Crippen LogP contribution in [-0.2, 0) is 0 Å². The van der Waals surface area contributed by atoms with Gasteiger partial charge in [0.15, 0.2) is 0 Å². The number of fused-ring (bicyclic) bond motifs is 1. The summed E-state index contributed by atoms with van der Waals surface area (Å²) in [6.07, 6.45) is 3.94. The fourth-order valence-electron chi connectivity index (χ4n) is 4.65. The highest BCUT2D eigenvalue weighted by Gasteiger charge is 2.29. The van der Waals surface area contributed by atoms with E-state index >= 15 is 0 Å². The number of hydrogen-bond donors (Lipinski definition) is 1. The summed E-state index contributed by atoms with van der Waals surface area (Å²) in [5, 5.41) is 3.00. The quantitative estimate of drug-likeness (QED) is 0.435. The monoisotopic (exact) mass is 456 g/mol. The summed E-state index contributed by atoms with van der Waals surface area (Å²) in [6, 6.07) is 21.4. The Morgan fingerprint density at radius 1 is 1.03 bits per heavy atom. The first-order valence-corrected chi connectivity index (χ1v) is 11.5. The molecule has 0 spiro atoms. The van der Waals surface area contributed by atoms with Crippen LogP contribution < -0.4 is 14.8 Å². The van der Waals surface area contributed by atoms with Crippen LogP contribution in [0.1, 0.15) is 24.6 Å². The van der Waals surface area contributed by atoms with Crippen molar-refractivity contribution in [3.63, 3.8) is 0 Å². The number of nitrogens with one attached hydrogen (secondary N) is 1. The van der Waals surface area contributed by atoms with E-state index in [4.69, 9.17) is 14.5 Å². The number of urea groups is 1. The van der Waals surface area contributed by atoms with Crippen molar-refractivity contribution in [1.29, 1.82) is 0 Å². The van der Waals surface area contributed by atoms with E-state index in [0.29, 0.717) is 24.5 Å². The number of para-hydroxylation sites is 2. The van der Waals surface area contributed by atoms with Crippen molar-refractivity contribution >= 4 is 17.2 Å². The molecule has 5 rings (SSSR count). The molecule has 1 aliphatic heterocycles. The number of anilines is 1. The minimum Gasteiger partial charge on any atom is -0.497 e. The highest BCUT2D eigenvalue weighted by Crippen LogP contribution is 2.33. The number of carbonyl (C=O) groups excluding carboxylic acids is 1. The van der Waals surface area contributed by atoms with Crippen molar-refractivity contribution in [2.45, 2.75) is 18.8 Å². The molecule has 2 aromatic carbocycles. The molecule has 0 unspecified atom stereocenters. The molecule has 0 saturated carbocycles. The van der Waals surface area contributed by atoms with Gasteiger partial charge in [-0.25, -0.2) is 9.78 Å². The number of likely N-dealkylation sites (tertiary alicyclic amines) is 1. The first-order valence-electron chi connectivity index (χ1n) is 11.5. The number of pyridine rings is 1. The summed E-state index contributed by atoms with van der Waals surface area (Å²) in [6.45, 7) is 1.32. The van der Waals surface area contributed by atoms with Crippen molar-refractivity contribution in [3.05, 3.63) is 78.8 Å². The molecule has 2 amide bonds. The Kier molecular flexibility index (Phi) is 6.08. The number of imidazole rings is 1. The van der Waals surface area contributed by atoms with Gasteiger partial charge in [-0.15, -0.1) is 0 Å². The Balaban J connectivity index is 1.43. The smallest absolute Gasteiger partial charge is 0.321 e. The van der Waals surface area contributed by atoms with E-state index in [0.717, 1.165) is 41.2 Å². The van der Waals surface area contributed by atoms with E-state index in [9.17, 15) is 4.79 Å². The fourth-order valence-corrected chi connectivity index (χ4v) is 4.65. The standard InChI is InChI=1S/C27H28N4O3/c1-33-21-11-7-9-19(17-21)25-23-13-5-6-16-31(23)26(29-25)20-10-8-15-30(18-20)27(32)28-22-12-3-4-14-24(22)34-2/h3-7,9,11-14,16-17,20H,8,10,15,18H2,1-2H3,(H,28,32)/t20-/m1/s1. The Bertz CT molecular complexity index is 1320. The second-order valence-corrected chi connectivity index (χ2v) is 8.42. The molecule has 1 aliphatic rings. The van der Waals surface area contributed by atoms with E-state index < -0.39 is 0 Å². The third kappa shape index (κ3) is 4.17. The summed E-state index contributed by atoms with van der Waals surface area (Å²) in [7, 11) is 3.27. The third-order valence-electron chi connectivity index (χ3n) is 6.34. The first kappa shape index (κ1) is 21.8. The molecule has 0 bridgehead atoms. The summed E-state index contributed by atoms with van der Waals surface area (Å²) in [4.78, 5) is 20.1. The minimum atomic E-state index is -0.122. The molecule has 174 valence electrons. The zero-order chi connectivity index (χ0) is 23.5. The fraction of sp³-hybridized carbons (Fsp3) is 0.259. The summed E-state index contributed by atoms with van der Waals surface area (Å²) in [5.74, 6) is 2.55. The van der Waals surface area contributed by atoms with Gasteiger partial charge in [-0.05, 0) is 49.2 Å². The van der Waals surface area contributed by atoms with Crippen molar-refractivity contribution in [2.24, 2.45) is 0 Å². The SMILES string of the molecule is COc1cccc(-c2nc([C@@H]3CCCN(C(=O)Nc4ccccc4OC)C3)n3ccccc23)c1. The van der Waals surface area contributed by atoms with Crippen LogP contribution in [0.15, 0.2) is 72.9 Å². The van der Waals surface area contributed by atoms with Gasteiger partial charge in [0.1, 0.15) is 17.3 Å². The van der Waals surface area contributed by atoms with E-state index in [1.807, 2.05) is 59.5 Å². The molecule has 34 heavy (non-hydrogen) atoms. The Labute approximate surface area is 198 Å². The molecule has 0 aliphatic carbocycles. The molecule has 1 saturated heterocycles. The maximum absolute atomic E-state index is 13.1. The van der Waals surface area contributed by atoms with Crippen molar-refractivity contribution in [3.8, 4) is 22.8 Å². The second-order valence-electron chi connectivity index (χ2n) is 8.42. The molecule has 1 N–H and O–H groups in total. The number of carbonyl (C=O) groups is 1. The Hall–Kier alpha value is -4.00. The van der Waals surface area contributed by atoms with Gasteiger partial charge in [-0.3, -0.25) is 0 Å². The van der Waals surface area contributed by atoms with Gasteiger partial charge >= 0.3 is 6.03 Å². The van der Waals surface area contributed by atoms with Crippen LogP contribution in [0, 0.1) is 0 Å². The van der Waals surface area contributed by atoms with E-state index in [1.165, 1.54) is 0 Å². The summed E-state index contributed by atoms with van der Waals surface area (Å²) < 4.78 is 13.0. The molecule has 2 aromatic heterocycles. The zero-order valence-electron chi connectivity index (χ0n) is 19.4. The summed E-state index contributed by atoms with van der Waals surface area (Å²) >= 11 is 0. The number of aromatic nitrogens is 2. The van der Waals surface area contributed by atoms with Crippen LogP contribution in [0.2, 0.25) is 0 Å². The van der Waals surface area contributed by atoms with Crippen LogP contribution >= 0.6 is 0 Å². The van der Waals surface area contributed by atoms with Gasteiger partial charge < -0.3 is 24.1 Å². The van der Waals surface area contributed by atoms with Gasteiger partial charge in [0.05, 0.1) is 31.1 Å². The topological polar surface area (TPSA) is 68.1 Å². The van der Waals surface area contributed by atoms with Crippen molar-refractivity contribution in [2.75, 3.05) is 32.6 Å². The number of nitrogens with zero attached hydrogens (tertiary/aromatic N) is 3. The van der Waals surface area contributed by atoms with E-state index in [2.05, 4.69) is 28.0 Å². The molecular formula is C27H28N4O3. The molecular weight excluding hydrogens is 428 g/mol. The number of hydrogen-bond acceptors (Lipinski definition) is 4. The number of benzene rings is 2. The lowest BCUT2D eigenvalue weighted by Crippen LogP contribution is -2.42. The lowest BCUT2D eigenvalue weighted by Gasteiger charge is -2.32. The summed E-state index contributed by atoms with van der Waals surface area (Å²) in [5.41, 5.74) is 3.64. The van der Waals surface area contributed by atoms with Gasteiger partial charge in [0.25, 0.3) is 0 Å². The van der Waals surface area contributed by atoms with Gasteiger partial charge in [0, 0.05) is 30.8 Å². The highest BCUT2D eigenvalue weighted by atomic mass is 16.5.